The average molecular weight is 330 g/mol. The first-order valence-corrected chi connectivity index (χ1v) is 7.91. The molecule has 2 aromatic carbocycles. The largest absolute Gasteiger partial charge is 0.490 e. The Bertz CT molecular complexity index is 683. The molecule has 0 aliphatic heterocycles. The zero-order valence-electron chi connectivity index (χ0n) is 13.9. The quantitative estimate of drug-likeness (QED) is 0.776. The van der Waals surface area contributed by atoms with Crippen molar-refractivity contribution in [2.24, 2.45) is 0 Å². The second kappa shape index (κ2) is 7.84. The zero-order valence-corrected chi connectivity index (χ0v) is 13.9. The maximum atomic E-state index is 11.4. The molecule has 128 valence electrons. The van der Waals surface area contributed by atoms with Crippen LogP contribution in [-0.4, -0.2) is 22.8 Å². The number of hydrogen-bond acceptors (Lipinski definition) is 4. The van der Waals surface area contributed by atoms with Gasteiger partial charge in [0, 0.05) is 0 Å². The first kappa shape index (κ1) is 17.8. The van der Waals surface area contributed by atoms with Gasteiger partial charge in [0.1, 0.15) is 6.61 Å². The molecule has 0 aromatic heterocycles. The SMILES string of the molecule is CCOc1cc(C(O)(CC)C(=O)O)ccc1OCc1ccccc1. The summed E-state index contributed by atoms with van der Waals surface area (Å²) >= 11 is 0. The average Bonchev–Trinajstić information content (AvgIpc) is 2.60. The minimum absolute atomic E-state index is 0.0537. The first-order chi connectivity index (χ1) is 11.5. The van der Waals surface area contributed by atoms with E-state index in [1.54, 1.807) is 19.1 Å². The molecule has 5 nitrogen and oxygen atoms in total. The summed E-state index contributed by atoms with van der Waals surface area (Å²) in [6.45, 7) is 4.23. The fraction of sp³-hybridized carbons (Fsp3) is 0.316. The second-order valence-electron chi connectivity index (χ2n) is 5.39. The van der Waals surface area contributed by atoms with Gasteiger partial charge in [0.2, 0.25) is 0 Å². The van der Waals surface area contributed by atoms with E-state index in [0.717, 1.165) is 5.56 Å². The van der Waals surface area contributed by atoms with Gasteiger partial charge >= 0.3 is 5.97 Å². The van der Waals surface area contributed by atoms with Gasteiger partial charge < -0.3 is 19.7 Å². The third-order valence-corrected chi connectivity index (χ3v) is 3.82. The lowest BCUT2D eigenvalue weighted by molar-refractivity contribution is -0.160. The Morgan fingerprint density at radius 2 is 1.75 bits per heavy atom. The Labute approximate surface area is 141 Å². The first-order valence-electron chi connectivity index (χ1n) is 7.91. The molecule has 24 heavy (non-hydrogen) atoms. The molecule has 1 unspecified atom stereocenters. The van der Waals surface area contributed by atoms with Gasteiger partial charge in [-0.2, -0.15) is 0 Å². The number of aliphatic carboxylic acids is 1. The molecule has 5 heteroatoms. The van der Waals surface area contributed by atoms with E-state index >= 15 is 0 Å². The van der Waals surface area contributed by atoms with Crippen LogP contribution >= 0.6 is 0 Å². The molecule has 0 saturated carbocycles. The number of ether oxygens (including phenoxy) is 2. The molecule has 0 heterocycles. The maximum Gasteiger partial charge on any atom is 0.340 e. The van der Waals surface area contributed by atoms with Crippen LogP contribution in [0.5, 0.6) is 11.5 Å². The lowest BCUT2D eigenvalue weighted by atomic mass is 9.91. The van der Waals surface area contributed by atoms with Crippen molar-refractivity contribution in [2.45, 2.75) is 32.5 Å². The molecule has 0 radical (unpaired) electrons. The van der Waals surface area contributed by atoms with Gasteiger partial charge in [0.05, 0.1) is 6.61 Å². The summed E-state index contributed by atoms with van der Waals surface area (Å²) in [5.74, 6) is -0.363. The van der Waals surface area contributed by atoms with Crippen LogP contribution in [0.1, 0.15) is 31.4 Å². The van der Waals surface area contributed by atoms with Crippen LogP contribution < -0.4 is 9.47 Å². The Morgan fingerprint density at radius 1 is 1.04 bits per heavy atom. The highest BCUT2D eigenvalue weighted by atomic mass is 16.5. The van der Waals surface area contributed by atoms with Crippen molar-refractivity contribution < 1.29 is 24.5 Å². The Morgan fingerprint density at radius 3 is 2.33 bits per heavy atom. The van der Waals surface area contributed by atoms with Crippen LogP contribution in [0.25, 0.3) is 0 Å². The van der Waals surface area contributed by atoms with Gasteiger partial charge in [-0.3, -0.25) is 0 Å². The fourth-order valence-corrected chi connectivity index (χ4v) is 2.37. The van der Waals surface area contributed by atoms with Gasteiger partial charge in [0.15, 0.2) is 17.1 Å². The summed E-state index contributed by atoms with van der Waals surface area (Å²) in [6.07, 6.45) is 0.0537. The van der Waals surface area contributed by atoms with Crippen molar-refractivity contribution >= 4 is 5.97 Å². The van der Waals surface area contributed by atoms with Crippen LogP contribution in [0.15, 0.2) is 48.5 Å². The smallest absolute Gasteiger partial charge is 0.340 e. The van der Waals surface area contributed by atoms with E-state index in [2.05, 4.69) is 0 Å². The molecule has 0 bridgehead atoms. The second-order valence-corrected chi connectivity index (χ2v) is 5.39. The topological polar surface area (TPSA) is 76.0 Å². The van der Waals surface area contributed by atoms with Crippen molar-refractivity contribution in [1.82, 2.24) is 0 Å². The molecule has 0 aliphatic carbocycles. The molecule has 0 aliphatic rings. The molecular formula is C19H22O5. The summed E-state index contributed by atoms with van der Waals surface area (Å²) < 4.78 is 11.3. The van der Waals surface area contributed by atoms with Crippen LogP contribution in [0.2, 0.25) is 0 Å². The number of benzene rings is 2. The molecular weight excluding hydrogens is 308 g/mol. The highest BCUT2D eigenvalue weighted by molar-refractivity contribution is 5.79. The third kappa shape index (κ3) is 3.86. The molecule has 2 aromatic rings. The highest BCUT2D eigenvalue weighted by Gasteiger charge is 2.36. The number of carbonyl (C=O) groups is 1. The summed E-state index contributed by atoms with van der Waals surface area (Å²) in [7, 11) is 0. The van der Waals surface area contributed by atoms with Crippen molar-refractivity contribution in [3.8, 4) is 11.5 Å². The molecule has 2 rings (SSSR count). The normalized spacial score (nSPS) is 13.1. The molecule has 0 saturated heterocycles. The van der Waals surface area contributed by atoms with E-state index in [0.29, 0.717) is 24.7 Å². The maximum absolute atomic E-state index is 11.4. The van der Waals surface area contributed by atoms with Gasteiger partial charge in [-0.1, -0.05) is 43.3 Å². The van der Waals surface area contributed by atoms with Gasteiger partial charge in [0.25, 0.3) is 0 Å². The van der Waals surface area contributed by atoms with E-state index in [-0.39, 0.29) is 12.0 Å². The number of carboxylic acid groups (broad SMARTS) is 1. The van der Waals surface area contributed by atoms with E-state index < -0.39 is 11.6 Å². The van der Waals surface area contributed by atoms with E-state index in [4.69, 9.17) is 9.47 Å². The Hall–Kier alpha value is -2.53. The molecule has 0 spiro atoms. The van der Waals surface area contributed by atoms with Gasteiger partial charge in [-0.15, -0.1) is 0 Å². The number of rotatable bonds is 8. The highest BCUT2D eigenvalue weighted by Crippen LogP contribution is 2.34. The number of carboxylic acids is 1. The summed E-state index contributed by atoms with van der Waals surface area (Å²) in [5, 5.41) is 19.7. The molecule has 1 atom stereocenters. The van der Waals surface area contributed by atoms with Crippen molar-refractivity contribution in [3.63, 3.8) is 0 Å². The fourth-order valence-electron chi connectivity index (χ4n) is 2.37. The van der Waals surface area contributed by atoms with Gasteiger partial charge in [-0.05, 0) is 36.6 Å². The summed E-state index contributed by atoms with van der Waals surface area (Å²) in [5.41, 5.74) is -0.656. The summed E-state index contributed by atoms with van der Waals surface area (Å²) in [6, 6.07) is 14.4. The molecule has 2 N–H and O–H groups in total. The third-order valence-electron chi connectivity index (χ3n) is 3.82. The number of hydrogen-bond donors (Lipinski definition) is 2. The van der Waals surface area contributed by atoms with E-state index in [1.807, 2.05) is 37.3 Å². The monoisotopic (exact) mass is 330 g/mol. The van der Waals surface area contributed by atoms with Crippen LogP contribution in [-0.2, 0) is 17.0 Å². The summed E-state index contributed by atoms with van der Waals surface area (Å²) in [4.78, 5) is 11.4. The molecule has 0 amide bonds. The molecule has 0 fully saturated rings. The van der Waals surface area contributed by atoms with Crippen molar-refractivity contribution in [1.29, 1.82) is 0 Å². The minimum Gasteiger partial charge on any atom is -0.490 e. The minimum atomic E-state index is -1.94. The number of aliphatic hydroxyl groups is 1. The zero-order chi connectivity index (χ0) is 17.6. The van der Waals surface area contributed by atoms with Crippen LogP contribution in [0.3, 0.4) is 0 Å². The Balaban J connectivity index is 2.28. The van der Waals surface area contributed by atoms with Crippen molar-refractivity contribution in [2.75, 3.05) is 6.61 Å². The Kier molecular flexibility index (Phi) is 5.82. The lowest BCUT2D eigenvalue weighted by Crippen LogP contribution is -2.34. The van der Waals surface area contributed by atoms with Crippen molar-refractivity contribution in [3.05, 3.63) is 59.7 Å². The van der Waals surface area contributed by atoms with Crippen LogP contribution in [0, 0.1) is 0 Å². The predicted molar refractivity (Wildman–Crippen MR) is 90.2 cm³/mol. The van der Waals surface area contributed by atoms with Crippen LogP contribution in [0.4, 0.5) is 0 Å². The van der Waals surface area contributed by atoms with E-state index in [1.165, 1.54) is 6.07 Å². The van der Waals surface area contributed by atoms with Gasteiger partial charge in [-0.25, -0.2) is 4.79 Å². The van der Waals surface area contributed by atoms with E-state index in [9.17, 15) is 15.0 Å². The predicted octanol–water partition coefficient (Wildman–Crippen LogP) is 3.35. The standard InChI is InChI=1S/C19H22O5/c1-3-19(22,18(20)21)15-10-11-16(17(12-15)23-4-2)24-13-14-8-6-5-7-9-14/h5-12,22H,3-4,13H2,1-2H3,(H,20,21). The lowest BCUT2D eigenvalue weighted by Gasteiger charge is -2.23.